The van der Waals surface area contributed by atoms with Gasteiger partial charge in [-0.3, -0.25) is 9.69 Å². The molecule has 32 heavy (non-hydrogen) atoms. The van der Waals surface area contributed by atoms with Gasteiger partial charge in [0.2, 0.25) is 11.7 Å². The zero-order valence-corrected chi connectivity index (χ0v) is 19.1. The van der Waals surface area contributed by atoms with Crippen LogP contribution in [0.1, 0.15) is 25.8 Å². The lowest BCUT2D eigenvalue weighted by atomic mass is 9.93. The molecule has 0 radical (unpaired) electrons. The SMILES string of the molecule is CC(C)N(Cc1ccc(Cl)cc1)c1ncnc(NC[C@@H]2CCN(CC(N)=O)C[C@H]2O)c1F. The van der Waals surface area contributed by atoms with Gasteiger partial charge in [0.15, 0.2) is 11.6 Å². The van der Waals surface area contributed by atoms with Crippen molar-refractivity contribution in [2.75, 3.05) is 36.4 Å². The Morgan fingerprint density at radius 3 is 2.72 bits per heavy atom. The summed E-state index contributed by atoms with van der Waals surface area (Å²) in [7, 11) is 0. The first-order valence-corrected chi connectivity index (χ1v) is 11.1. The molecule has 1 aliphatic heterocycles. The number of anilines is 2. The van der Waals surface area contributed by atoms with Crippen molar-refractivity contribution in [3.63, 3.8) is 0 Å². The number of piperidine rings is 1. The van der Waals surface area contributed by atoms with Crippen molar-refractivity contribution < 1.29 is 14.3 Å². The van der Waals surface area contributed by atoms with E-state index in [0.29, 0.717) is 37.6 Å². The van der Waals surface area contributed by atoms with Gasteiger partial charge in [0, 0.05) is 36.6 Å². The van der Waals surface area contributed by atoms with Crippen LogP contribution >= 0.6 is 11.6 Å². The fourth-order valence-corrected chi connectivity index (χ4v) is 3.97. The molecule has 1 aromatic carbocycles. The molecule has 0 aliphatic carbocycles. The van der Waals surface area contributed by atoms with E-state index in [1.165, 1.54) is 6.33 Å². The first-order chi connectivity index (χ1) is 15.2. The molecule has 1 aliphatic rings. The molecule has 2 heterocycles. The Bertz CT molecular complexity index is 914. The molecule has 2 aromatic rings. The summed E-state index contributed by atoms with van der Waals surface area (Å²) >= 11 is 5.97. The van der Waals surface area contributed by atoms with Crippen LogP contribution < -0.4 is 16.0 Å². The van der Waals surface area contributed by atoms with Crippen LogP contribution in [-0.4, -0.2) is 64.2 Å². The van der Waals surface area contributed by atoms with E-state index in [1.807, 2.05) is 35.8 Å². The molecule has 1 aromatic heterocycles. The number of nitrogens with one attached hydrogen (secondary N) is 1. The standard InChI is InChI=1S/C22H30ClFN6O2/c1-14(2)30(10-15-3-5-17(23)6-4-15)22-20(24)21(27-13-28-22)26-9-16-7-8-29(11-18(16)31)12-19(25)32/h3-6,13-14,16,18,31H,7-12H2,1-2H3,(H2,25,32)(H,26,27,28)/t16-,18+/m0/s1. The third kappa shape index (κ3) is 6.27. The van der Waals surface area contributed by atoms with Crippen LogP contribution in [0.3, 0.4) is 0 Å². The maximum absolute atomic E-state index is 15.3. The van der Waals surface area contributed by atoms with E-state index in [2.05, 4.69) is 15.3 Å². The van der Waals surface area contributed by atoms with Crippen LogP contribution in [0.4, 0.5) is 16.0 Å². The van der Waals surface area contributed by atoms with Crippen LogP contribution in [-0.2, 0) is 11.3 Å². The largest absolute Gasteiger partial charge is 0.391 e. The lowest BCUT2D eigenvalue weighted by molar-refractivity contribution is -0.120. The maximum Gasteiger partial charge on any atom is 0.231 e. The number of aliphatic hydroxyl groups excluding tert-OH is 1. The van der Waals surface area contributed by atoms with Crippen molar-refractivity contribution in [2.45, 2.75) is 39.0 Å². The first kappa shape index (κ1) is 24.2. The molecular weight excluding hydrogens is 435 g/mol. The van der Waals surface area contributed by atoms with E-state index in [0.717, 1.165) is 5.56 Å². The fraction of sp³-hybridized carbons (Fsp3) is 0.500. The second-order valence-corrected chi connectivity index (χ2v) is 8.84. The van der Waals surface area contributed by atoms with Crippen molar-refractivity contribution in [3.8, 4) is 0 Å². The molecule has 0 saturated carbocycles. The van der Waals surface area contributed by atoms with E-state index in [1.54, 1.807) is 12.1 Å². The van der Waals surface area contributed by atoms with E-state index in [4.69, 9.17) is 17.3 Å². The molecule has 4 N–H and O–H groups in total. The third-order valence-corrected chi connectivity index (χ3v) is 5.90. The summed E-state index contributed by atoms with van der Waals surface area (Å²) in [6, 6.07) is 7.42. The number of hydrogen-bond donors (Lipinski definition) is 3. The van der Waals surface area contributed by atoms with Gasteiger partial charge in [0.05, 0.1) is 12.6 Å². The van der Waals surface area contributed by atoms with Gasteiger partial charge < -0.3 is 21.1 Å². The summed E-state index contributed by atoms with van der Waals surface area (Å²) in [6.07, 6.45) is 1.36. The molecule has 3 rings (SSSR count). The maximum atomic E-state index is 15.3. The highest BCUT2D eigenvalue weighted by Gasteiger charge is 2.29. The van der Waals surface area contributed by atoms with Crippen LogP contribution in [0.2, 0.25) is 5.02 Å². The van der Waals surface area contributed by atoms with Crippen molar-refractivity contribution >= 4 is 29.1 Å². The number of rotatable bonds is 9. The fourth-order valence-electron chi connectivity index (χ4n) is 3.85. The predicted octanol–water partition coefficient (Wildman–Crippen LogP) is 2.26. The highest BCUT2D eigenvalue weighted by atomic mass is 35.5. The minimum atomic E-state index is -0.642. The number of aliphatic hydroxyl groups is 1. The lowest BCUT2D eigenvalue weighted by Crippen LogP contribution is -2.48. The Morgan fingerprint density at radius 1 is 1.38 bits per heavy atom. The van der Waals surface area contributed by atoms with Crippen molar-refractivity contribution in [3.05, 3.63) is 47.0 Å². The van der Waals surface area contributed by atoms with Crippen LogP contribution in [0.15, 0.2) is 30.6 Å². The zero-order chi connectivity index (χ0) is 23.3. The summed E-state index contributed by atoms with van der Waals surface area (Å²) < 4.78 is 15.3. The molecule has 0 bridgehead atoms. The molecule has 1 saturated heterocycles. The summed E-state index contributed by atoms with van der Waals surface area (Å²) in [5.74, 6) is -0.728. The van der Waals surface area contributed by atoms with E-state index in [-0.39, 0.29) is 30.1 Å². The molecule has 8 nitrogen and oxygen atoms in total. The molecule has 1 amide bonds. The molecular formula is C22H30ClFN6O2. The first-order valence-electron chi connectivity index (χ1n) is 10.7. The summed E-state index contributed by atoms with van der Waals surface area (Å²) in [4.78, 5) is 23.0. The smallest absolute Gasteiger partial charge is 0.231 e. The number of benzene rings is 1. The van der Waals surface area contributed by atoms with Crippen LogP contribution in [0.25, 0.3) is 0 Å². The number of β-amino-alcohol motifs (C(OH)–C–C–N with tert-alkyl or cyclic N) is 1. The molecule has 0 spiro atoms. The Balaban J connectivity index is 1.67. The average molecular weight is 465 g/mol. The normalized spacial score (nSPS) is 19.2. The van der Waals surface area contributed by atoms with Gasteiger partial charge in [-0.2, -0.15) is 4.39 Å². The van der Waals surface area contributed by atoms with E-state index in [9.17, 15) is 9.90 Å². The van der Waals surface area contributed by atoms with Gasteiger partial charge in [0.25, 0.3) is 0 Å². The van der Waals surface area contributed by atoms with Crippen molar-refractivity contribution in [1.29, 1.82) is 0 Å². The summed E-state index contributed by atoms with van der Waals surface area (Å²) in [5, 5.41) is 14.1. The minimum absolute atomic E-state index is 0.000617. The van der Waals surface area contributed by atoms with Gasteiger partial charge in [-0.1, -0.05) is 23.7 Å². The number of carbonyl (C=O) groups is 1. The topological polar surface area (TPSA) is 108 Å². The average Bonchev–Trinajstić information content (AvgIpc) is 2.73. The number of halogens is 2. The van der Waals surface area contributed by atoms with E-state index >= 15 is 4.39 Å². The molecule has 1 fully saturated rings. The quantitative estimate of drug-likeness (QED) is 0.522. The number of nitrogens with two attached hydrogens (primary N) is 1. The predicted molar refractivity (Wildman–Crippen MR) is 123 cm³/mol. The minimum Gasteiger partial charge on any atom is -0.391 e. The molecule has 0 unspecified atom stereocenters. The van der Waals surface area contributed by atoms with Crippen LogP contribution in [0, 0.1) is 11.7 Å². The highest BCUT2D eigenvalue weighted by Crippen LogP contribution is 2.26. The Hall–Kier alpha value is -2.49. The van der Waals surface area contributed by atoms with Crippen molar-refractivity contribution in [2.24, 2.45) is 11.7 Å². The summed E-state index contributed by atoms with van der Waals surface area (Å²) in [5.41, 5.74) is 6.22. The lowest BCUT2D eigenvalue weighted by Gasteiger charge is -2.35. The van der Waals surface area contributed by atoms with Gasteiger partial charge in [-0.25, -0.2) is 9.97 Å². The van der Waals surface area contributed by atoms with Gasteiger partial charge in [-0.15, -0.1) is 0 Å². The number of amides is 1. The Kier molecular flexibility index (Phi) is 8.22. The van der Waals surface area contributed by atoms with Gasteiger partial charge >= 0.3 is 0 Å². The number of likely N-dealkylation sites (tertiary alicyclic amines) is 1. The second-order valence-electron chi connectivity index (χ2n) is 8.41. The van der Waals surface area contributed by atoms with Crippen molar-refractivity contribution in [1.82, 2.24) is 14.9 Å². The second kappa shape index (κ2) is 10.9. The zero-order valence-electron chi connectivity index (χ0n) is 18.3. The van der Waals surface area contributed by atoms with Crippen LogP contribution in [0.5, 0.6) is 0 Å². The Labute approximate surface area is 192 Å². The third-order valence-electron chi connectivity index (χ3n) is 5.65. The Morgan fingerprint density at radius 2 is 2.09 bits per heavy atom. The molecule has 174 valence electrons. The number of nitrogens with zero attached hydrogens (tertiary/aromatic N) is 4. The van der Waals surface area contributed by atoms with Gasteiger partial charge in [-0.05, 0) is 44.5 Å². The molecule has 10 heteroatoms. The highest BCUT2D eigenvalue weighted by molar-refractivity contribution is 6.30. The number of carbonyl (C=O) groups excluding carboxylic acids is 1. The number of aromatic nitrogens is 2. The summed E-state index contributed by atoms with van der Waals surface area (Å²) in [6.45, 7) is 5.90. The number of hydrogen-bond acceptors (Lipinski definition) is 7. The number of primary amides is 1. The van der Waals surface area contributed by atoms with Gasteiger partial charge in [0.1, 0.15) is 6.33 Å². The molecule has 2 atom stereocenters. The monoisotopic (exact) mass is 464 g/mol. The van der Waals surface area contributed by atoms with E-state index < -0.39 is 17.8 Å².